The SMILES string of the molecule is CCn1nc(C)cc1Cn1ccnc(Cl)c1=O. The van der Waals surface area contributed by atoms with Crippen molar-refractivity contribution in [1.29, 1.82) is 0 Å². The summed E-state index contributed by atoms with van der Waals surface area (Å²) in [5.41, 5.74) is 1.64. The summed E-state index contributed by atoms with van der Waals surface area (Å²) >= 11 is 5.69. The van der Waals surface area contributed by atoms with Gasteiger partial charge in [-0.3, -0.25) is 9.48 Å². The van der Waals surface area contributed by atoms with Crippen LogP contribution in [0.1, 0.15) is 18.3 Å². The van der Waals surface area contributed by atoms with Gasteiger partial charge in [0.2, 0.25) is 0 Å². The van der Waals surface area contributed by atoms with Crippen molar-refractivity contribution in [1.82, 2.24) is 19.3 Å². The molecule has 90 valence electrons. The van der Waals surface area contributed by atoms with Crippen molar-refractivity contribution in [2.75, 3.05) is 0 Å². The molecule has 2 aromatic rings. The third-order valence-electron chi connectivity index (χ3n) is 2.49. The molecule has 2 heterocycles. The zero-order chi connectivity index (χ0) is 12.4. The molecule has 0 aliphatic heterocycles. The quantitative estimate of drug-likeness (QED) is 0.831. The third-order valence-corrected chi connectivity index (χ3v) is 2.75. The second kappa shape index (κ2) is 4.71. The fourth-order valence-electron chi connectivity index (χ4n) is 1.72. The summed E-state index contributed by atoms with van der Waals surface area (Å²) in [5.74, 6) is 0. The summed E-state index contributed by atoms with van der Waals surface area (Å²) in [5, 5.41) is 4.32. The lowest BCUT2D eigenvalue weighted by molar-refractivity contribution is 0.590. The van der Waals surface area contributed by atoms with Gasteiger partial charge in [-0.1, -0.05) is 11.6 Å². The van der Waals surface area contributed by atoms with E-state index in [1.165, 1.54) is 10.8 Å². The maximum Gasteiger partial charge on any atom is 0.288 e. The van der Waals surface area contributed by atoms with Crippen LogP contribution in [0.15, 0.2) is 23.3 Å². The minimum Gasteiger partial charge on any atom is -0.305 e. The first kappa shape index (κ1) is 11.9. The lowest BCUT2D eigenvalue weighted by atomic mass is 10.3. The van der Waals surface area contributed by atoms with Crippen LogP contribution in [-0.4, -0.2) is 19.3 Å². The Morgan fingerprint density at radius 1 is 1.47 bits per heavy atom. The zero-order valence-electron chi connectivity index (χ0n) is 9.72. The minimum atomic E-state index is -0.282. The first-order valence-electron chi connectivity index (χ1n) is 5.36. The maximum atomic E-state index is 11.7. The van der Waals surface area contributed by atoms with Crippen LogP contribution in [0.4, 0.5) is 0 Å². The highest BCUT2D eigenvalue weighted by Crippen LogP contribution is 2.05. The summed E-state index contributed by atoms with van der Waals surface area (Å²) in [7, 11) is 0. The van der Waals surface area contributed by atoms with Gasteiger partial charge in [-0.05, 0) is 19.9 Å². The highest BCUT2D eigenvalue weighted by atomic mass is 35.5. The highest BCUT2D eigenvalue weighted by Gasteiger charge is 2.07. The number of hydrogen-bond donors (Lipinski definition) is 0. The van der Waals surface area contributed by atoms with Crippen LogP contribution < -0.4 is 5.56 Å². The number of nitrogens with zero attached hydrogens (tertiary/aromatic N) is 4. The number of rotatable bonds is 3. The monoisotopic (exact) mass is 252 g/mol. The van der Waals surface area contributed by atoms with Gasteiger partial charge in [0.25, 0.3) is 5.56 Å². The van der Waals surface area contributed by atoms with E-state index in [2.05, 4.69) is 10.1 Å². The van der Waals surface area contributed by atoms with Crippen LogP contribution in [0.2, 0.25) is 5.15 Å². The molecule has 0 bridgehead atoms. The Morgan fingerprint density at radius 3 is 2.94 bits per heavy atom. The molecule has 0 amide bonds. The van der Waals surface area contributed by atoms with Gasteiger partial charge in [0, 0.05) is 18.9 Å². The van der Waals surface area contributed by atoms with Crippen molar-refractivity contribution in [2.24, 2.45) is 0 Å². The first-order valence-corrected chi connectivity index (χ1v) is 5.74. The standard InChI is InChI=1S/C11H13ClN4O/c1-3-16-9(6-8(2)14-16)7-15-5-4-13-10(12)11(15)17/h4-6H,3,7H2,1-2H3. The molecule has 0 aliphatic rings. The molecule has 0 atom stereocenters. The van der Waals surface area contributed by atoms with E-state index in [4.69, 9.17) is 11.6 Å². The second-order valence-corrected chi connectivity index (χ2v) is 4.10. The lowest BCUT2D eigenvalue weighted by Crippen LogP contribution is -2.22. The van der Waals surface area contributed by atoms with Crippen molar-refractivity contribution >= 4 is 11.6 Å². The van der Waals surface area contributed by atoms with Crippen LogP contribution in [0.5, 0.6) is 0 Å². The molecular weight excluding hydrogens is 240 g/mol. The van der Waals surface area contributed by atoms with Gasteiger partial charge >= 0.3 is 0 Å². The molecule has 6 heteroatoms. The van der Waals surface area contributed by atoms with E-state index >= 15 is 0 Å². The smallest absolute Gasteiger partial charge is 0.288 e. The van der Waals surface area contributed by atoms with E-state index in [9.17, 15) is 4.79 Å². The molecule has 0 radical (unpaired) electrons. The molecule has 0 unspecified atom stereocenters. The molecule has 0 aromatic carbocycles. The number of hydrogen-bond acceptors (Lipinski definition) is 3. The fourth-order valence-corrected chi connectivity index (χ4v) is 1.88. The average molecular weight is 253 g/mol. The Labute approximate surface area is 104 Å². The molecule has 17 heavy (non-hydrogen) atoms. The lowest BCUT2D eigenvalue weighted by Gasteiger charge is -2.07. The van der Waals surface area contributed by atoms with Gasteiger partial charge in [0.15, 0.2) is 5.15 Å². The first-order chi connectivity index (χ1) is 8.11. The second-order valence-electron chi connectivity index (χ2n) is 3.74. The Balaban J connectivity index is 2.37. The molecular formula is C11H13ClN4O. The molecule has 0 saturated heterocycles. The normalized spacial score (nSPS) is 10.8. The van der Waals surface area contributed by atoms with Gasteiger partial charge in [-0.25, -0.2) is 4.98 Å². The van der Waals surface area contributed by atoms with Gasteiger partial charge in [0.05, 0.1) is 17.9 Å². The molecule has 0 spiro atoms. The van der Waals surface area contributed by atoms with E-state index < -0.39 is 0 Å². The summed E-state index contributed by atoms with van der Waals surface area (Å²) in [6, 6.07) is 1.96. The number of aromatic nitrogens is 4. The van der Waals surface area contributed by atoms with Crippen LogP contribution in [0.3, 0.4) is 0 Å². The highest BCUT2D eigenvalue weighted by molar-refractivity contribution is 6.29. The van der Waals surface area contributed by atoms with Crippen LogP contribution in [0, 0.1) is 6.92 Å². The van der Waals surface area contributed by atoms with E-state index in [1.54, 1.807) is 6.20 Å². The van der Waals surface area contributed by atoms with Crippen LogP contribution in [0.25, 0.3) is 0 Å². The largest absolute Gasteiger partial charge is 0.305 e. The third kappa shape index (κ3) is 2.39. The Hall–Kier alpha value is -1.62. The molecule has 0 N–H and O–H groups in total. The summed E-state index contributed by atoms with van der Waals surface area (Å²) in [6.07, 6.45) is 3.14. The minimum absolute atomic E-state index is 0.00761. The Kier molecular flexibility index (Phi) is 3.28. The molecule has 2 aromatic heterocycles. The van der Waals surface area contributed by atoms with E-state index in [0.717, 1.165) is 17.9 Å². The van der Waals surface area contributed by atoms with Gasteiger partial charge in [0.1, 0.15) is 0 Å². The molecule has 2 rings (SSSR count). The summed E-state index contributed by atoms with van der Waals surface area (Å²) in [6.45, 7) is 5.17. The van der Waals surface area contributed by atoms with E-state index in [0.29, 0.717) is 6.54 Å². The summed E-state index contributed by atoms with van der Waals surface area (Å²) in [4.78, 5) is 15.5. The number of halogens is 1. The fraction of sp³-hybridized carbons (Fsp3) is 0.364. The Bertz CT molecular complexity index is 587. The number of aryl methyl sites for hydroxylation is 2. The van der Waals surface area contributed by atoms with Crippen molar-refractivity contribution in [3.05, 3.63) is 45.4 Å². The van der Waals surface area contributed by atoms with Crippen molar-refractivity contribution in [2.45, 2.75) is 26.9 Å². The van der Waals surface area contributed by atoms with Gasteiger partial charge in [-0.2, -0.15) is 5.10 Å². The topological polar surface area (TPSA) is 52.7 Å². The average Bonchev–Trinajstić information content (AvgIpc) is 2.65. The van der Waals surface area contributed by atoms with Crippen LogP contribution in [-0.2, 0) is 13.1 Å². The van der Waals surface area contributed by atoms with Crippen molar-refractivity contribution in [3.8, 4) is 0 Å². The molecule has 0 saturated carbocycles. The van der Waals surface area contributed by atoms with Crippen molar-refractivity contribution in [3.63, 3.8) is 0 Å². The van der Waals surface area contributed by atoms with E-state index in [1.807, 2.05) is 24.6 Å². The predicted molar refractivity (Wildman–Crippen MR) is 65.2 cm³/mol. The van der Waals surface area contributed by atoms with Gasteiger partial charge in [-0.15, -0.1) is 0 Å². The van der Waals surface area contributed by atoms with Crippen molar-refractivity contribution < 1.29 is 0 Å². The molecule has 0 aliphatic carbocycles. The zero-order valence-corrected chi connectivity index (χ0v) is 10.5. The predicted octanol–water partition coefficient (Wildman–Crippen LogP) is 1.47. The Morgan fingerprint density at radius 2 is 2.24 bits per heavy atom. The molecule has 0 fully saturated rings. The van der Waals surface area contributed by atoms with E-state index in [-0.39, 0.29) is 10.7 Å². The molecule has 5 nitrogen and oxygen atoms in total. The van der Waals surface area contributed by atoms with Gasteiger partial charge < -0.3 is 4.57 Å². The van der Waals surface area contributed by atoms with Crippen LogP contribution >= 0.6 is 11.6 Å². The summed E-state index contributed by atoms with van der Waals surface area (Å²) < 4.78 is 3.40. The maximum absolute atomic E-state index is 11.7.